The van der Waals surface area contributed by atoms with Crippen molar-refractivity contribution in [1.29, 1.82) is 5.26 Å². The predicted octanol–water partition coefficient (Wildman–Crippen LogP) is 2.44. The first-order valence-corrected chi connectivity index (χ1v) is 10.8. The van der Waals surface area contributed by atoms with Crippen molar-refractivity contribution in [2.24, 2.45) is 0 Å². The normalized spacial score (nSPS) is 27.0. The summed E-state index contributed by atoms with van der Waals surface area (Å²) in [6.07, 6.45) is 4.11. The molecule has 2 amide bonds. The van der Waals surface area contributed by atoms with Gasteiger partial charge < -0.3 is 10.2 Å². The van der Waals surface area contributed by atoms with Gasteiger partial charge in [-0.15, -0.1) is 0 Å². The number of aldehydes is 1. The number of aromatic nitrogens is 3. The number of carbonyl (C=O) groups excluding carboxylic acids is 2. The molecule has 0 aromatic carbocycles. The van der Waals surface area contributed by atoms with E-state index in [2.05, 4.69) is 36.6 Å². The molecular formula is C22H23FN8O2. The quantitative estimate of drug-likeness (QED) is 0.665. The molecule has 2 fully saturated rings. The van der Waals surface area contributed by atoms with Crippen LogP contribution in [-0.2, 0) is 5.67 Å². The second-order valence-electron chi connectivity index (χ2n) is 9.05. The molecule has 2 aliphatic heterocycles. The molecular weight excluding hydrogens is 427 g/mol. The van der Waals surface area contributed by atoms with Crippen LogP contribution in [0.5, 0.6) is 0 Å². The van der Waals surface area contributed by atoms with Crippen LogP contribution >= 0.6 is 0 Å². The summed E-state index contributed by atoms with van der Waals surface area (Å²) >= 11 is 0. The monoisotopic (exact) mass is 450 g/mol. The van der Waals surface area contributed by atoms with E-state index in [4.69, 9.17) is 0 Å². The zero-order valence-electron chi connectivity index (χ0n) is 18.2. The smallest absolute Gasteiger partial charge is 0.330 e. The van der Waals surface area contributed by atoms with Crippen LogP contribution in [0.2, 0.25) is 0 Å². The summed E-state index contributed by atoms with van der Waals surface area (Å²) in [5.41, 5.74) is -0.827. The Hall–Kier alpha value is -3.65. The number of rotatable bonds is 5. The Morgan fingerprint density at radius 3 is 2.76 bits per heavy atom. The molecule has 0 saturated heterocycles. The highest BCUT2D eigenvalue weighted by molar-refractivity contribution is 6.02. The zero-order valence-corrected chi connectivity index (χ0v) is 18.2. The van der Waals surface area contributed by atoms with Crippen LogP contribution in [0.25, 0.3) is 0 Å². The van der Waals surface area contributed by atoms with Crippen molar-refractivity contribution in [2.75, 3.05) is 29.6 Å². The van der Waals surface area contributed by atoms with Gasteiger partial charge in [0.2, 0.25) is 5.95 Å². The van der Waals surface area contributed by atoms with Crippen molar-refractivity contribution >= 4 is 29.9 Å². The summed E-state index contributed by atoms with van der Waals surface area (Å²) in [5.74, 6) is 0.518. The van der Waals surface area contributed by atoms with Gasteiger partial charge in [-0.2, -0.15) is 10.2 Å². The Balaban J connectivity index is 1.36. The standard InChI is InChI=1S/C22H23FN8O2/c1-30(2)15-5-14(6-15)26-18-12(9-24)10-25-20(28-18)29-21(33)31-16-7-22(23,8-16)17-4-3-13(11-32)27-19(17)31/h3-4,10-11,14-16H,5-8H2,1-2H3,(H2,25,26,28,29,33). The van der Waals surface area contributed by atoms with Crippen molar-refractivity contribution in [1.82, 2.24) is 19.9 Å². The fourth-order valence-electron chi connectivity index (χ4n) is 4.70. The Kier molecular flexibility index (Phi) is 4.97. The lowest BCUT2D eigenvalue weighted by molar-refractivity contribution is 0.0284. The van der Waals surface area contributed by atoms with E-state index in [0.29, 0.717) is 23.7 Å². The highest BCUT2D eigenvalue weighted by Crippen LogP contribution is 2.55. The molecule has 2 aromatic heterocycles. The van der Waals surface area contributed by atoms with Gasteiger partial charge in [-0.3, -0.25) is 15.0 Å². The van der Waals surface area contributed by atoms with Gasteiger partial charge in [0.15, 0.2) is 6.29 Å². The van der Waals surface area contributed by atoms with Crippen LogP contribution < -0.4 is 15.5 Å². The van der Waals surface area contributed by atoms with E-state index in [-0.39, 0.29) is 47.9 Å². The largest absolute Gasteiger partial charge is 0.366 e. The second-order valence-corrected chi connectivity index (χ2v) is 9.05. The first kappa shape index (κ1) is 21.2. The first-order valence-electron chi connectivity index (χ1n) is 10.8. The third-order valence-corrected chi connectivity index (χ3v) is 6.74. The molecule has 0 atom stereocenters. The molecule has 6 rings (SSSR count). The van der Waals surface area contributed by atoms with Crippen LogP contribution in [0.3, 0.4) is 0 Å². The van der Waals surface area contributed by atoms with E-state index in [1.54, 1.807) is 0 Å². The summed E-state index contributed by atoms with van der Waals surface area (Å²) in [4.78, 5) is 40.4. The number of halogens is 1. The Morgan fingerprint density at radius 1 is 1.33 bits per heavy atom. The number of nitrogens with zero attached hydrogens (tertiary/aromatic N) is 6. The van der Waals surface area contributed by atoms with Crippen molar-refractivity contribution in [3.05, 3.63) is 35.2 Å². The van der Waals surface area contributed by atoms with Gasteiger partial charge >= 0.3 is 6.03 Å². The number of anilines is 3. The molecule has 4 aliphatic rings. The van der Waals surface area contributed by atoms with Crippen LogP contribution in [0.4, 0.5) is 26.8 Å². The van der Waals surface area contributed by atoms with Gasteiger partial charge in [0, 0.05) is 36.5 Å². The van der Waals surface area contributed by atoms with E-state index < -0.39 is 11.7 Å². The molecule has 11 heteroatoms. The molecule has 2 N–H and O–H groups in total. The molecule has 0 unspecified atom stereocenters. The summed E-state index contributed by atoms with van der Waals surface area (Å²) in [6.45, 7) is 0. The number of carbonyl (C=O) groups is 2. The molecule has 10 nitrogen and oxygen atoms in total. The van der Waals surface area contributed by atoms with Gasteiger partial charge in [-0.25, -0.2) is 19.2 Å². The maximum Gasteiger partial charge on any atom is 0.330 e. The molecule has 2 aromatic rings. The average Bonchev–Trinajstić information content (AvgIpc) is 2.74. The van der Waals surface area contributed by atoms with Crippen molar-refractivity contribution in [3.8, 4) is 6.07 Å². The minimum absolute atomic E-state index is 0.0227. The summed E-state index contributed by atoms with van der Waals surface area (Å²) in [6, 6.07) is 4.75. The van der Waals surface area contributed by atoms with Gasteiger partial charge in [0.05, 0.1) is 6.20 Å². The number of hydrogen-bond acceptors (Lipinski definition) is 8. The lowest BCUT2D eigenvalue weighted by atomic mass is 9.69. The van der Waals surface area contributed by atoms with Gasteiger partial charge in [-0.05, 0) is 39.1 Å². The molecule has 0 radical (unpaired) electrons. The summed E-state index contributed by atoms with van der Waals surface area (Å²) in [5, 5.41) is 15.3. The molecule has 2 aliphatic carbocycles. The first-order chi connectivity index (χ1) is 15.8. The lowest BCUT2D eigenvalue weighted by Crippen LogP contribution is -2.60. The van der Waals surface area contributed by atoms with Gasteiger partial charge in [0.1, 0.15) is 34.6 Å². The zero-order chi connectivity index (χ0) is 23.3. The molecule has 170 valence electrons. The SMILES string of the molecule is CN(C)C1CC(Nc2nc(NC(=O)N3c4nc(C=O)ccc4C4(F)CC3C4)ncc2C#N)C1. The summed E-state index contributed by atoms with van der Waals surface area (Å²) in [7, 11) is 4.06. The third-order valence-electron chi connectivity index (χ3n) is 6.74. The van der Waals surface area contributed by atoms with Crippen LogP contribution in [0.15, 0.2) is 18.3 Å². The summed E-state index contributed by atoms with van der Waals surface area (Å²) < 4.78 is 15.1. The maximum absolute atomic E-state index is 15.1. The Bertz CT molecular complexity index is 1170. The van der Waals surface area contributed by atoms with Gasteiger partial charge in [0.25, 0.3) is 0 Å². The third kappa shape index (κ3) is 3.56. The second kappa shape index (κ2) is 7.74. The van der Waals surface area contributed by atoms with Crippen molar-refractivity contribution in [3.63, 3.8) is 0 Å². The number of hydrogen-bond donors (Lipinski definition) is 2. The maximum atomic E-state index is 15.1. The Labute approximate surface area is 189 Å². The number of amides is 2. The van der Waals surface area contributed by atoms with Crippen LogP contribution in [0.1, 0.15) is 47.3 Å². The van der Waals surface area contributed by atoms with E-state index in [9.17, 15) is 14.9 Å². The number of alkyl halides is 1. The molecule has 2 bridgehead atoms. The van der Waals surface area contributed by atoms with Crippen LogP contribution in [-0.4, -0.2) is 64.4 Å². The fourth-order valence-corrected chi connectivity index (χ4v) is 4.70. The minimum atomic E-state index is -1.53. The van der Waals surface area contributed by atoms with Crippen LogP contribution in [0, 0.1) is 11.3 Å². The van der Waals surface area contributed by atoms with Gasteiger partial charge in [-0.1, -0.05) is 0 Å². The molecule has 33 heavy (non-hydrogen) atoms. The van der Waals surface area contributed by atoms with E-state index in [0.717, 1.165) is 12.8 Å². The molecule has 2 saturated carbocycles. The van der Waals surface area contributed by atoms with E-state index in [1.807, 2.05) is 14.1 Å². The van der Waals surface area contributed by atoms with E-state index >= 15 is 4.39 Å². The van der Waals surface area contributed by atoms with Crippen molar-refractivity contribution in [2.45, 2.75) is 49.5 Å². The number of pyridine rings is 1. The Morgan fingerprint density at radius 2 is 2.09 bits per heavy atom. The van der Waals surface area contributed by atoms with E-state index in [1.165, 1.54) is 23.2 Å². The van der Waals surface area contributed by atoms with Crippen molar-refractivity contribution < 1.29 is 14.0 Å². The number of nitriles is 1. The fraction of sp³-hybridized carbons (Fsp3) is 0.455. The molecule has 4 heterocycles. The predicted molar refractivity (Wildman–Crippen MR) is 118 cm³/mol. The topological polar surface area (TPSA) is 127 Å². The highest BCUT2D eigenvalue weighted by atomic mass is 19.1. The lowest BCUT2D eigenvalue weighted by Gasteiger charge is -2.52. The minimum Gasteiger partial charge on any atom is -0.366 e. The average molecular weight is 450 g/mol. The molecule has 0 spiro atoms. The highest BCUT2D eigenvalue weighted by Gasteiger charge is 2.57. The number of urea groups is 1. The number of nitrogens with one attached hydrogen (secondary N) is 2.